The van der Waals surface area contributed by atoms with Crippen molar-refractivity contribution in [2.75, 3.05) is 20.2 Å². The van der Waals surface area contributed by atoms with Crippen molar-refractivity contribution in [3.63, 3.8) is 0 Å². The van der Waals surface area contributed by atoms with Crippen molar-refractivity contribution in [1.82, 2.24) is 19.9 Å². The minimum atomic E-state index is -0.120. The number of likely N-dealkylation sites (tertiary alicyclic amines) is 1. The third-order valence-corrected chi connectivity index (χ3v) is 5.20. The van der Waals surface area contributed by atoms with Gasteiger partial charge in [-0.2, -0.15) is 0 Å². The molecule has 4 rings (SSSR count). The fraction of sp³-hybridized carbons (Fsp3) is 0.421. The third-order valence-electron chi connectivity index (χ3n) is 5.20. The van der Waals surface area contributed by atoms with Crippen molar-refractivity contribution in [3.05, 3.63) is 47.0 Å². The van der Waals surface area contributed by atoms with Gasteiger partial charge in [0.1, 0.15) is 5.58 Å². The first-order valence-corrected chi connectivity index (χ1v) is 8.65. The number of amides is 1. The molecule has 2 aromatic heterocycles. The second-order valence-electron chi connectivity index (χ2n) is 6.99. The zero-order valence-electron chi connectivity index (χ0n) is 15.4. The van der Waals surface area contributed by atoms with Crippen LogP contribution in [-0.2, 0) is 11.8 Å². The number of ether oxygens (including phenoxy) is 1. The van der Waals surface area contributed by atoms with E-state index in [0.29, 0.717) is 18.8 Å². The molecule has 0 spiro atoms. The van der Waals surface area contributed by atoms with Crippen molar-refractivity contribution in [2.24, 2.45) is 7.05 Å². The van der Waals surface area contributed by atoms with Crippen LogP contribution in [0.15, 0.2) is 28.8 Å². The number of aromatic nitrogens is 3. The predicted molar refractivity (Wildman–Crippen MR) is 96.1 cm³/mol. The number of carbonyl (C=O) groups is 1. The maximum atomic E-state index is 13.0. The number of rotatable bonds is 3. The van der Waals surface area contributed by atoms with Crippen molar-refractivity contribution in [1.29, 1.82) is 0 Å². The molecule has 3 aromatic rings. The summed E-state index contributed by atoms with van der Waals surface area (Å²) in [5.41, 5.74) is 3.91. The average molecular weight is 354 g/mol. The van der Waals surface area contributed by atoms with Gasteiger partial charge in [0.25, 0.3) is 5.91 Å². The normalized spacial score (nSPS) is 20.2. The zero-order valence-corrected chi connectivity index (χ0v) is 15.4. The van der Waals surface area contributed by atoms with Gasteiger partial charge in [-0.25, -0.2) is 0 Å². The van der Waals surface area contributed by atoms with E-state index in [1.165, 1.54) is 5.56 Å². The van der Waals surface area contributed by atoms with E-state index in [1.54, 1.807) is 16.7 Å². The van der Waals surface area contributed by atoms with E-state index in [0.717, 1.165) is 22.2 Å². The van der Waals surface area contributed by atoms with Gasteiger partial charge in [-0.3, -0.25) is 9.48 Å². The van der Waals surface area contributed by atoms with Gasteiger partial charge in [0, 0.05) is 38.8 Å². The Balaban J connectivity index is 1.60. The van der Waals surface area contributed by atoms with E-state index in [1.807, 2.05) is 32.3 Å². The Kier molecular flexibility index (Phi) is 4.03. The standard InChI is InChI=1S/C19H22N4O3/c1-11-5-13-7-17(26-16(13)6-12(11)2)19(24)23-8-14(18(10-23)25-4)15-9-22(3)21-20-15/h5-7,9,14,18H,8,10H2,1-4H3/t14-,18+/m0/s1. The zero-order chi connectivity index (χ0) is 18.4. The summed E-state index contributed by atoms with van der Waals surface area (Å²) in [6.45, 7) is 5.13. The molecular weight excluding hydrogens is 332 g/mol. The number of benzene rings is 1. The van der Waals surface area contributed by atoms with Crippen LogP contribution in [0.2, 0.25) is 0 Å². The first-order valence-electron chi connectivity index (χ1n) is 8.65. The smallest absolute Gasteiger partial charge is 0.289 e. The fourth-order valence-electron chi connectivity index (χ4n) is 3.56. The van der Waals surface area contributed by atoms with Gasteiger partial charge in [0.15, 0.2) is 5.76 Å². The van der Waals surface area contributed by atoms with Crippen LogP contribution in [0.1, 0.15) is 33.3 Å². The van der Waals surface area contributed by atoms with Crippen molar-refractivity contribution in [2.45, 2.75) is 25.9 Å². The summed E-state index contributed by atoms with van der Waals surface area (Å²) >= 11 is 0. The number of nitrogens with zero attached hydrogens (tertiary/aromatic N) is 4. The molecule has 1 fully saturated rings. The van der Waals surface area contributed by atoms with Gasteiger partial charge in [-0.05, 0) is 43.2 Å². The summed E-state index contributed by atoms with van der Waals surface area (Å²) in [6.07, 6.45) is 1.77. The van der Waals surface area contributed by atoms with E-state index in [-0.39, 0.29) is 17.9 Å². The number of aryl methyl sites for hydroxylation is 3. The van der Waals surface area contributed by atoms with E-state index in [2.05, 4.69) is 23.3 Å². The Morgan fingerprint density at radius 2 is 2.00 bits per heavy atom. The number of fused-ring (bicyclic) bond motifs is 1. The molecule has 1 saturated heterocycles. The minimum absolute atomic E-state index is 0.00603. The SMILES string of the molecule is CO[C@@H]1CN(C(=O)c2cc3cc(C)c(C)cc3o2)C[C@H]1c1cn(C)nn1. The van der Waals surface area contributed by atoms with E-state index >= 15 is 0 Å². The Morgan fingerprint density at radius 3 is 2.69 bits per heavy atom. The number of furan rings is 1. The molecular formula is C19H22N4O3. The topological polar surface area (TPSA) is 73.4 Å². The summed E-state index contributed by atoms with van der Waals surface area (Å²) in [7, 11) is 3.49. The summed E-state index contributed by atoms with van der Waals surface area (Å²) in [5.74, 6) is 0.246. The first-order chi connectivity index (χ1) is 12.5. The Morgan fingerprint density at radius 1 is 1.23 bits per heavy atom. The lowest BCUT2D eigenvalue weighted by Crippen LogP contribution is -2.29. The number of carbonyl (C=O) groups excluding carboxylic acids is 1. The molecule has 0 N–H and O–H groups in total. The third kappa shape index (κ3) is 2.78. The molecule has 1 aliphatic rings. The molecule has 0 saturated carbocycles. The van der Waals surface area contributed by atoms with E-state index in [9.17, 15) is 4.79 Å². The number of hydrogen-bond donors (Lipinski definition) is 0. The summed E-state index contributed by atoms with van der Waals surface area (Å²) in [6, 6.07) is 5.85. The van der Waals surface area contributed by atoms with Crippen molar-refractivity contribution in [3.8, 4) is 0 Å². The minimum Gasteiger partial charge on any atom is -0.451 e. The van der Waals surface area contributed by atoms with E-state index < -0.39 is 0 Å². The second-order valence-corrected chi connectivity index (χ2v) is 6.99. The van der Waals surface area contributed by atoms with Crippen LogP contribution >= 0.6 is 0 Å². The molecule has 1 amide bonds. The Bertz CT molecular complexity index is 935. The molecule has 0 aliphatic carbocycles. The average Bonchev–Trinajstić information content (AvgIpc) is 3.32. The molecule has 136 valence electrons. The van der Waals surface area contributed by atoms with Gasteiger partial charge in [0.05, 0.1) is 17.7 Å². The quantitative estimate of drug-likeness (QED) is 0.722. The molecule has 1 aliphatic heterocycles. The largest absolute Gasteiger partial charge is 0.451 e. The molecule has 3 heterocycles. The van der Waals surface area contributed by atoms with E-state index in [4.69, 9.17) is 9.15 Å². The first kappa shape index (κ1) is 16.8. The highest BCUT2D eigenvalue weighted by Crippen LogP contribution is 2.30. The van der Waals surface area contributed by atoms with Gasteiger partial charge in [-0.15, -0.1) is 5.10 Å². The molecule has 0 unspecified atom stereocenters. The van der Waals surface area contributed by atoms with Crippen LogP contribution in [-0.4, -0.2) is 52.1 Å². The van der Waals surface area contributed by atoms with Crippen LogP contribution in [0.5, 0.6) is 0 Å². The molecule has 7 nitrogen and oxygen atoms in total. The van der Waals surface area contributed by atoms with Crippen LogP contribution in [0.3, 0.4) is 0 Å². The molecule has 2 atom stereocenters. The highest BCUT2D eigenvalue weighted by molar-refractivity contribution is 5.96. The molecule has 26 heavy (non-hydrogen) atoms. The molecule has 1 aromatic carbocycles. The summed E-state index contributed by atoms with van der Waals surface area (Å²) in [5, 5.41) is 9.13. The molecule has 0 radical (unpaired) electrons. The lowest BCUT2D eigenvalue weighted by Gasteiger charge is -2.13. The summed E-state index contributed by atoms with van der Waals surface area (Å²) in [4.78, 5) is 14.7. The Labute approximate surface area is 151 Å². The predicted octanol–water partition coefficient (Wildman–Crippen LogP) is 2.43. The van der Waals surface area contributed by atoms with Crippen LogP contribution in [0.4, 0.5) is 0 Å². The monoisotopic (exact) mass is 354 g/mol. The number of hydrogen-bond acceptors (Lipinski definition) is 5. The van der Waals surface area contributed by atoms with Crippen molar-refractivity contribution >= 4 is 16.9 Å². The maximum Gasteiger partial charge on any atom is 0.289 e. The molecule has 0 bridgehead atoms. The van der Waals surface area contributed by atoms with Gasteiger partial charge in [0.2, 0.25) is 0 Å². The second kappa shape index (κ2) is 6.25. The lowest BCUT2D eigenvalue weighted by molar-refractivity contribution is 0.0689. The van der Waals surface area contributed by atoms with Crippen LogP contribution in [0, 0.1) is 13.8 Å². The van der Waals surface area contributed by atoms with Gasteiger partial charge < -0.3 is 14.1 Å². The van der Waals surface area contributed by atoms with Crippen molar-refractivity contribution < 1.29 is 13.9 Å². The van der Waals surface area contributed by atoms with Gasteiger partial charge in [-0.1, -0.05) is 5.21 Å². The number of methoxy groups -OCH3 is 1. The summed E-state index contributed by atoms with van der Waals surface area (Å²) < 4.78 is 13.1. The van der Waals surface area contributed by atoms with Crippen LogP contribution < -0.4 is 0 Å². The maximum absolute atomic E-state index is 13.0. The van der Waals surface area contributed by atoms with Crippen LogP contribution in [0.25, 0.3) is 11.0 Å². The Hall–Kier alpha value is -2.67. The van der Waals surface area contributed by atoms with Gasteiger partial charge >= 0.3 is 0 Å². The fourth-order valence-corrected chi connectivity index (χ4v) is 3.56. The lowest BCUT2D eigenvalue weighted by atomic mass is 10.0. The molecule has 7 heteroatoms. The highest BCUT2D eigenvalue weighted by Gasteiger charge is 2.39. The highest BCUT2D eigenvalue weighted by atomic mass is 16.5.